The number of rotatable bonds is 4. The van der Waals surface area contributed by atoms with Crippen molar-refractivity contribution in [2.45, 2.75) is 32.1 Å². The highest BCUT2D eigenvalue weighted by Gasteiger charge is 2.43. The van der Waals surface area contributed by atoms with Gasteiger partial charge in [-0.1, -0.05) is 31.1 Å². The Morgan fingerprint density at radius 1 is 1.33 bits per heavy atom. The minimum atomic E-state index is -0.0415. The molecule has 5 nitrogen and oxygen atoms in total. The molecule has 3 rings (SSSR count). The summed E-state index contributed by atoms with van der Waals surface area (Å²) in [6.07, 6.45) is 1.65. The number of nitrogens with one attached hydrogen (secondary N) is 1. The Morgan fingerprint density at radius 3 is 2.71 bits per heavy atom. The zero-order chi connectivity index (χ0) is 14.9. The lowest BCUT2D eigenvalue weighted by molar-refractivity contribution is 0.234. The van der Waals surface area contributed by atoms with E-state index in [9.17, 15) is 5.11 Å². The molecule has 0 aliphatic carbocycles. The van der Waals surface area contributed by atoms with Gasteiger partial charge in [0.05, 0.1) is 5.41 Å². The van der Waals surface area contributed by atoms with Gasteiger partial charge in [-0.25, -0.2) is 0 Å². The fraction of sp³-hybridized carbons (Fsp3) is 0.500. The molecule has 0 amide bonds. The van der Waals surface area contributed by atoms with E-state index in [-0.39, 0.29) is 11.2 Å². The first-order chi connectivity index (χ1) is 10.1. The topological polar surface area (TPSA) is 71.2 Å². The van der Waals surface area contributed by atoms with Crippen LogP contribution in [0.25, 0.3) is 0 Å². The summed E-state index contributed by atoms with van der Waals surface area (Å²) in [5.41, 5.74) is 1.02. The van der Waals surface area contributed by atoms with Crippen molar-refractivity contribution in [3.8, 4) is 5.75 Å². The predicted molar refractivity (Wildman–Crippen MR) is 79.2 cm³/mol. The van der Waals surface area contributed by atoms with Gasteiger partial charge in [-0.15, -0.1) is 0 Å². The Labute approximate surface area is 124 Å². The van der Waals surface area contributed by atoms with Gasteiger partial charge in [-0.3, -0.25) is 0 Å². The quantitative estimate of drug-likeness (QED) is 0.902. The van der Waals surface area contributed by atoms with Crippen molar-refractivity contribution >= 4 is 0 Å². The van der Waals surface area contributed by atoms with Crippen molar-refractivity contribution in [3.63, 3.8) is 0 Å². The average molecular weight is 287 g/mol. The normalized spacial score (nSPS) is 22.0. The third kappa shape index (κ3) is 2.65. The van der Waals surface area contributed by atoms with Gasteiger partial charge >= 0.3 is 0 Å². The second-order valence-corrected chi connectivity index (χ2v) is 6.10. The van der Waals surface area contributed by atoms with Gasteiger partial charge < -0.3 is 14.9 Å². The van der Waals surface area contributed by atoms with Crippen LogP contribution in [0, 0.1) is 5.92 Å². The summed E-state index contributed by atoms with van der Waals surface area (Å²) in [7, 11) is 0. The van der Waals surface area contributed by atoms with Gasteiger partial charge in [0.2, 0.25) is 5.89 Å². The summed E-state index contributed by atoms with van der Waals surface area (Å²) in [5, 5.41) is 16.8. The van der Waals surface area contributed by atoms with E-state index in [0.717, 1.165) is 31.0 Å². The van der Waals surface area contributed by atoms with E-state index in [2.05, 4.69) is 29.3 Å². The number of benzene rings is 1. The highest BCUT2D eigenvalue weighted by molar-refractivity contribution is 5.27. The Kier molecular flexibility index (Phi) is 3.68. The second kappa shape index (κ2) is 5.48. The molecular formula is C16H21N3O2. The molecule has 5 heteroatoms. The Hall–Kier alpha value is -1.88. The van der Waals surface area contributed by atoms with E-state index < -0.39 is 0 Å². The summed E-state index contributed by atoms with van der Waals surface area (Å²) in [6.45, 7) is 6.30. The van der Waals surface area contributed by atoms with Crippen LogP contribution in [0.1, 0.15) is 37.5 Å². The van der Waals surface area contributed by atoms with Gasteiger partial charge in [-0.05, 0) is 36.6 Å². The van der Waals surface area contributed by atoms with Crippen molar-refractivity contribution < 1.29 is 9.63 Å². The van der Waals surface area contributed by atoms with Crippen molar-refractivity contribution in [3.05, 3.63) is 41.5 Å². The molecule has 0 spiro atoms. The number of aromatic hydroxyl groups is 1. The third-order valence-electron chi connectivity index (χ3n) is 4.49. The van der Waals surface area contributed by atoms with Gasteiger partial charge in [-0.2, -0.15) is 4.98 Å². The minimum Gasteiger partial charge on any atom is -0.508 e. The fourth-order valence-corrected chi connectivity index (χ4v) is 2.96. The molecule has 1 aliphatic rings. The van der Waals surface area contributed by atoms with E-state index in [0.29, 0.717) is 18.2 Å². The summed E-state index contributed by atoms with van der Waals surface area (Å²) >= 11 is 0. The molecule has 112 valence electrons. The molecule has 0 bridgehead atoms. The largest absolute Gasteiger partial charge is 0.508 e. The zero-order valence-electron chi connectivity index (χ0n) is 12.5. The molecule has 1 unspecified atom stereocenters. The lowest BCUT2D eigenvalue weighted by Gasteiger charge is -2.28. The highest BCUT2D eigenvalue weighted by Crippen LogP contribution is 2.36. The van der Waals surface area contributed by atoms with Crippen LogP contribution < -0.4 is 5.32 Å². The van der Waals surface area contributed by atoms with Crippen molar-refractivity contribution in [2.24, 2.45) is 5.92 Å². The highest BCUT2D eigenvalue weighted by atomic mass is 16.5. The maximum absolute atomic E-state index is 9.31. The van der Waals surface area contributed by atoms with Crippen molar-refractivity contribution in [1.82, 2.24) is 15.5 Å². The Balaban J connectivity index is 1.81. The molecule has 2 heterocycles. The van der Waals surface area contributed by atoms with E-state index in [1.54, 1.807) is 12.1 Å². The molecule has 2 N–H and O–H groups in total. The van der Waals surface area contributed by atoms with E-state index in [4.69, 9.17) is 4.52 Å². The van der Waals surface area contributed by atoms with E-state index >= 15 is 0 Å². The molecule has 21 heavy (non-hydrogen) atoms. The van der Waals surface area contributed by atoms with Gasteiger partial charge in [0.25, 0.3) is 0 Å². The molecular weight excluding hydrogens is 266 g/mol. The standard InChI is InChI=1S/C16H21N3O2/c1-11(2)16(7-8-17-10-16)15-18-14(19-21-15)9-12-3-5-13(20)6-4-12/h3-6,11,17,20H,7-10H2,1-2H3. The first-order valence-corrected chi connectivity index (χ1v) is 7.42. The van der Waals surface area contributed by atoms with Crippen LogP contribution in [0.2, 0.25) is 0 Å². The maximum atomic E-state index is 9.31. The molecule has 1 saturated heterocycles. The fourth-order valence-electron chi connectivity index (χ4n) is 2.96. The monoisotopic (exact) mass is 287 g/mol. The summed E-state index contributed by atoms with van der Waals surface area (Å²) in [6, 6.07) is 7.10. The van der Waals surface area contributed by atoms with Crippen LogP contribution in [0.3, 0.4) is 0 Å². The van der Waals surface area contributed by atoms with Gasteiger partial charge in [0, 0.05) is 13.0 Å². The Morgan fingerprint density at radius 2 is 2.10 bits per heavy atom. The molecule has 1 fully saturated rings. The molecule has 0 radical (unpaired) electrons. The first kappa shape index (κ1) is 14.1. The number of phenols is 1. The maximum Gasteiger partial charge on any atom is 0.234 e. The second-order valence-electron chi connectivity index (χ2n) is 6.10. The minimum absolute atomic E-state index is 0.0415. The SMILES string of the molecule is CC(C)C1(c2nc(Cc3ccc(O)cc3)no2)CCNC1. The Bertz CT molecular complexity index is 598. The lowest BCUT2D eigenvalue weighted by atomic mass is 9.76. The summed E-state index contributed by atoms with van der Waals surface area (Å²) in [5.74, 6) is 2.16. The smallest absolute Gasteiger partial charge is 0.234 e. The van der Waals surface area contributed by atoms with E-state index in [1.165, 1.54) is 0 Å². The number of phenolic OH excluding ortho intramolecular Hbond substituents is 1. The zero-order valence-corrected chi connectivity index (χ0v) is 12.5. The van der Waals surface area contributed by atoms with Crippen LogP contribution in [-0.2, 0) is 11.8 Å². The third-order valence-corrected chi connectivity index (χ3v) is 4.49. The van der Waals surface area contributed by atoms with Crippen LogP contribution in [0.4, 0.5) is 0 Å². The number of aromatic nitrogens is 2. The van der Waals surface area contributed by atoms with Crippen LogP contribution in [-0.4, -0.2) is 28.3 Å². The number of nitrogens with zero attached hydrogens (tertiary/aromatic N) is 2. The van der Waals surface area contributed by atoms with E-state index in [1.807, 2.05) is 12.1 Å². The first-order valence-electron chi connectivity index (χ1n) is 7.42. The molecule has 2 aromatic rings. The molecule has 1 aromatic heterocycles. The lowest BCUT2D eigenvalue weighted by Crippen LogP contribution is -2.35. The molecule has 1 aliphatic heterocycles. The average Bonchev–Trinajstić information content (AvgIpc) is 3.11. The number of hydrogen-bond acceptors (Lipinski definition) is 5. The van der Waals surface area contributed by atoms with Crippen LogP contribution >= 0.6 is 0 Å². The van der Waals surface area contributed by atoms with Gasteiger partial charge in [0.1, 0.15) is 5.75 Å². The summed E-state index contributed by atoms with van der Waals surface area (Å²) in [4.78, 5) is 4.62. The van der Waals surface area contributed by atoms with Crippen LogP contribution in [0.15, 0.2) is 28.8 Å². The van der Waals surface area contributed by atoms with Crippen molar-refractivity contribution in [2.75, 3.05) is 13.1 Å². The van der Waals surface area contributed by atoms with Gasteiger partial charge in [0.15, 0.2) is 5.82 Å². The predicted octanol–water partition coefficient (Wildman–Crippen LogP) is 2.25. The number of hydrogen-bond donors (Lipinski definition) is 2. The van der Waals surface area contributed by atoms with Crippen LogP contribution in [0.5, 0.6) is 5.75 Å². The van der Waals surface area contributed by atoms with Crippen molar-refractivity contribution in [1.29, 1.82) is 0 Å². The summed E-state index contributed by atoms with van der Waals surface area (Å²) < 4.78 is 5.56. The molecule has 1 atom stereocenters. The molecule has 0 saturated carbocycles. The molecule has 1 aromatic carbocycles.